The van der Waals surface area contributed by atoms with Gasteiger partial charge in [0.05, 0.1) is 30.0 Å². The van der Waals surface area contributed by atoms with Gasteiger partial charge < -0.3 is 14.6 Å². The van der Waals surface area contributed by atoms with Crippen molar-refractivity contribution in [1.29, 1.82) is 0 Å². The minimum absolute atomic E-state index is 0.160. The zero-order valence-electron chi connectivity index (χ0n) is 22.6. The highest BCUT2D eigenvalue weighted by atomic mass is 16.5. The lowest BCUT2D eigenvalue weighted by Crippen LogP contribution is -2.49. The van der Waals surface area contributed by atoms with E-state index in [1.54, 1.807) is 7.05 Å². The summed E-state index contributed by atoms with van der Waals surface area (Å²) in [6.07, 6.45) is 5.03. The van der Waals surface area contributed by atoms with E-state index >= 15 is 0 Å². The van der Waals surface area contributed by atoms with E-state index in [9.17, 15) is 4.79 Å². The molecule has 2 aliphatic heterocycles. The molecule has 6 rings (SSSR count). The second-order valence-corrected chi connectivity index (χ2v) is 11.2. The standard InChI is InChI=1S/C31H38N4O2/c1-5-21-7-9-24-27(28(21)35-12-10-22(11-13-35)34-14-16-37-17-15-34)29(36)26-23-8-6-20(19-32-4)18-25(23)33-30(26)31(24,2)3/h6-9,18-19,22,33H,5,10-17H2,1-4H3/b32-19+. The molecule has 0 bridgehead atoms. The number of nitrogens with one attached hydrogen (secondary N) is 1. The van der Waals surface area contributed by atoms with Gasteiger partial charge in [0.1, 0.15) is 0 Å². The summed E-state index contributed by atoms with van der Waals surface area (Å²) >= 11 is 0. The maximum absolute atomic E-state index is 14.4. The van der Waals surface area contributed by atoms with Crippen LogP contribution in [0.5, 0.6) is 0 Å². The number of aromatic nitrogens is 1. The largest absolute Gasteiger partial charge is 0.379 e. The predicted molar refractivity (Wildman–Crippen MR) is 151 cm³/mol. The topological polar surface area (TPSA) is 60.9 Å². The molecule has 1 aromatic heterocycles. The molecule has 194 valence electrons. The van der Waals surface area contributed by atoms with E-state index in [1.807, 2.05) is 6.21 Å². The van der Waals surface area contributed by atoms with Crippen LogP contribution in [-0.2, 0) is 16.6 Å². The quantitative estimate of drug-likeness (QED) is 0.517. The van der Waals surface area contributed by atoms with Crippen molar-refractivity contribution in [2.45, 2.75) is 51.5 Å². The molecular formula is C31H38N4O2. The van der Waals surface area contributed by atoms with Gasteiger partial charge in [0.15, 0.2) is 5.78 Å². The molecule has 0 saturated carbocycles. The number of carbonyl (C=O) groups is 1. The summed E-state index contributed by atoms with van der Waals surface area (Å²) in [6.45, 7) is 12.4. The van der Waals surface area contributed by atoms with E-state index in [-0.39, 0.29) is 11.2 Å². The lowest BCUT2D eigenvalue weighted by atomic mass is 9.70. The van der Waals surface area contributed by atoms with E-state index in [1.165, 1.54) is 11.3 Å². The van der Waals surface area contributed by atoms with Gasteiger partial charge in [0, 0.05) is 67.5 Å². The van der Waals surface area contributed by atoms with Crippen molar-refractivity contribution in [2.24, 2.45) is 4.99 Å². The number of aromatic amines is 1. The SMILES string of the molecule is CCc1ccc2c(c1N1CCC(N3CCOCC3)CC1)C(=O)c1c([nH]c3cc(/C=N/C)ccc13)C2(C)C. The molecule has 3 heterocycles. The Kier molecular flexibility index (Phi) is 6.20. The van der Waals surface area contributed by atoms with E-state index in [0.29, 0.717) is 6.04 Å². The van der Waals surface area contributed by atoms with E-state index in [0.717, 1.165) is 97.5 Å². The number of rotatable bonds is 4. The average Bonchev–Trinajstić information content (AvgIpc) is 3.32. The van der Waals surface area contributed by atoms with Crippen molar-refractivity contribution in [1.82, 2.24) is 9.88 Å². The normalized spacial score (nSPS) is 20.5. The maximum atomic E-state index is 14.4. The zero-order valence-corrected chi connectivity index (χ0v) is 22.6. The number of anilines is 1. The van der Waals surface area contributed by atoms with Gasteiger partial charge in [-0.2, -0.15) is 0 Å². The molecule has 6 heteroatoms. The highest BCUT2D eigenvalue weighted by molar-refractivity contribution is 6.22. The molecule has 2 fully saturated rings. The fourth-order valence-electron chi connectivity index (χ4n) is 6.84. The number of benzene rings is 2. The van der Waals surface area contributed by atoms with Gasteiger partial charge >= 0.3 is 0 Å². The van der Waals surface area contributed by atoms with Gasteiger partial charge in [0.25, 0.3) is 0 Å². The van der Waals surface area contributed by atoms with Gasteiger partial charge in [-0.25, -0.2) is 0 Å². The first-order chi connectivity index (χ1) is 17.9. The molecule has 3 aromatic rings. The first-order valence-electron chi connectivity index (χ1n) is 13.8. The fourth-order valence-corrected chi connectivity index (χ4v) is 6.84. The highest BCUT2D eigenvalue weighted by Crippen LogP contribution is 2.47. The Labute approximate surface area is 219 Å². The minimum Gasteiger partial charge on any atom is -0.379 e. The monoisotopic (exact) mass is 498 g/mol. The Bertz CT molecular complexity index is 1370. The van der Waals surface area contributed by atoms with Crippen molar-refractivity contribution >= 4 is 28.6 Å². The summed E-state index contributed by atoms with van der Waals surface area (Å²) in [6, 6.07) is 11.3. The molecule has 37 heavy (non-hydrogen) atoms. The number of ketones is 1. The van der Waals surface area contributed by atoms with Crippen LogP contribution in [0.25, 0.3) is 10.9 Å². The Morgan fingerprint density at radius 1 is 1.08 bits per heavy atom. The lowest BCUT2D eigenvalue weighted by molar-refractivity contribution is 0.0115. The van der Waals surface area contributed by atoms with Crippen molar-refractivity contribution in [3.8, 4) is 0 Å². The number of H-pyrrole nitrogens is 1. The number of fused-ring (bicyclic) bond motifs is 4. The number of aliphatic imine (C=N–C) groups is 1. The van der Waals surface area contributed by atoms with Crippen LogP contribution in [0, 0.1) is 0 Å². The Balaban J connectivity index is 1.42. The van der Waals surface area contributed by atoms with Crippen LogP contribution in [0.15, 0.2) is 35.3 Å². The van der Waals surface area contributed by atoms with Crippen molar-refractivity contribution < 1.29 is 9.53 Å². The lowest BCUT2D eigenvalue weighted by Gasteiger charge is -2.43. The van der Waals surface area contributed by atoms with Crippen LogP contribution in [0.3, 0.4) is 0 Å². The number of nitrogens with zero attached hydrogens (tertiary/aromatic N) is 3. The number of aryl methyl sites for hydroxylation is 1. The van der Waals surface area contributed by atoms with Crippen LogP contribution in [0.2, 0.25) is 0 Å². The highest BCUT2D eigenvalue weighted by Gasteiger charge is 2.42. The number of ether oxygens (including phenoxy) is 1. The van der Waals surface area contributed by atoms with Crippen molar-refractivity contribution in [3.05, 3.63) is 63.8 Å². The van der Waals surface area contributed by atoms with Crippen molar-refractivity contribution in [2.75, 3.05) is 51.3 Å². The Hall–Kier alpha value is -2.96. The minimum atomic E-state index is -0.302. The third kappa shape index (κ3) is 3.93. The van der Waals surface area contributed by atoms with Crippen LogP contribution >= 0.6 is 0 Å². The molecule has 1 aliphatic carbocycles. The molecular weight excluding hydrogens is 460 g/mol. The molecule has 0 amide bonds. The predicted octanol–water partition coefficient (Wildman–Crippen LogP) is 4.95. The summed E-state index contributed by atoms with van der Waals surface area (Å²) in [5, 5.41) is 1.01. The van der Waals surface area contributed by atoms with Gasteiger partial charge in [-0.1, -0.05) is 45.0 Å². The van der Waals surface area contributed by atoms with E-state index in [2.05, 4.69) is 70.9 Å². The molecule has 2 saturated heterocycles. The maximum Gasteiger partial charge on any atom is 0.197 e. The summed E-state index contributed by atoms with van der Waals surface area (Å²) < 4.78 is 5.58. The van der Waals surface area contributed by atoms with Crippen molar-refractivity contribution in [3.63, 3.8) is 0 Å². The smallest absolute Gasteiger partial charge is 0.197 e. The number of piperidine rings is 1. The van der Waals surface area contributed by atoms with Crippen LogP contribution in [0.1, 0.15) is 71.9 Å². The number of carbonyl (C=O) groups excluding carboxylic acids is 1. The van der Waals surface area contributed by atoms with Crippen LogP contribution < -0.4 is 4.90 Å². The summed E-state index contributed by atoms with van der Waals surface area (Å²) in [7, 11) is 1.78. The first-order valence-corrected chi connectivity index (χ1v) is 13.8. The summed E-state index contributed by atoms with van der Waals surface area (Å²) in [5.41, 5.74) is 8.09. The third-order valence-corrected chi connectivity index (χ3v) is 8.84. The molecule has 6 nitrogen and oxygen atoms in total. The molecule has 0 radical (unpaired) electrons. The number of morpholine rings is 1. The molecule has 0 spiro atoms. The van der Waals surface area contributed by atoms with E-state index in [4.69, 9.17) is 4.74 Å². The van der Waals surface area contributed by atoms with Crippen LogP contribution in [-0.4, -0.2) is 74.4 Å². The Morgan fingerprint density at radius 3 is 2.54 bits per heavy atom. The molecule has 3 aliphatic rings. The zero-order chi connectivity index (χ0) is 25.7. The fraction of sp³-hybridized carbons (Fsp3) is 0.484. The third-order valence-electron chi connectivity index (χ3n) is 8.84. The Morgan fingerprint density at radius 2 is 1.84 bits per heavy atom. The van der Waals surface area contributed by atoms with Gasteiger partial charge in [0.2, 0.25) is 0 Å². The summed E-state index contributed by atoms with van der Waals surface area (Å²) in [5.74, 6) is 0.160. The average molecular weight is 499 g/mol. The van der Waals surface area contributed by atoms with Gasteiger partial charge in [-0.3, -0.25) is 14.7 Å². The number of hydrogen-bond donors (Lipinski definition) is 1. The molecule has 1 N–H and O–H groups in total. The second-order valence-electron chi connectivity index (χ2n) is 11.2. The van der Waals surface area contributed by atoms with Crippen LogP contribution in [0.4, 0.5) is 5.69 Å². The van der Waals surface area contributed by atoms with Gasteiger partial charge in [-0.15, -0.1) is 0 Å². The molecule has 0 atom stereocenters. The second kappa shape index (κ2) is 9.41. The molecule has 2 aromatic carbocycles. The first kappa shape index (κ1) is 24.4. The summed E-state index contributed by atoms with van der Waals surface area (Å²) in [4.78, 5) is 27.3. The number of hydrogen-bond acceptors (Lipinski definition) is 5. The van der Waals surface area contributed by atoms with E-state index < -0.39 is 0 Å². The van der Waals surface area contributed by atoms with Gasteiger partial charge in [-0.05, 0) is 42.0 Å². The molecule has 0 unspecified atom stereocenters.